The van der Waals surface area contributed by atoms with Crippen LogP contribution in [0.15, 0.2) is 30.7 Å². The summed E-state index contributed by atoms with van der Waals surface area (Å²) in [4.78, 5) is 38.2. The second-order valence-corrected chi connectivity index (χ2v) is 11.2. The summed E-state index contributed by atoms with van der Waals surface area (Å²) in [7, 11) is 1.53. The number of halogens is 1. The van der Waals surface area contributed by atoms with Crippen LogP contribution in [0.3, 0.4) is 0 Å². The minimum atomic E-state index is -0.686. The zero-order valence-electron chi connectivity index (χ0n) is 21.5. The van der Waals surface area contributed by atoms with Crippen molar-refractivity contribution in [1.82, 2.24) is 24.9 Å². The molecule has 38 heavy (non-hydrogen) atoms. The predicted octanol–water partition coefficient (Wildman–Crippen LogP) is 4.75. The number of carbonyl (C=O) groups excluding carboxylic acids is 1. The summed E-state index contributed by atoms with van der Waals surface area (Å²) in [6, 6.07) is 3.46. The number of anilines is 2. The number of aryl methyl sites for hydroxylation is 1. The molecule has 2 N–H and O–H groups in total. The molecule has 0 aliphatic carbocycles. The Morgan fingerprint density at radius 2 is 1.89 bits per heavy atom. The van der Waals surface area contributed by atoms with Gasteiger partial charge < -0.3 is 14.7 Å². The first kappa shape index (κ1) is 26.2. The topological polar surface area (TPSA) is 126 Å². The van der Waals surface area contributed by atoms with Crippen molar-refractivity contribution in [2.45, 2.75) is 39.2 Å². The molecule has 1 saturated heterocycles. The zero-order valence-corrected chi connectivity index (χ0v) is 23.1. The van der Waals surface area contributed by atoms with E-state index < -0.39 is 5.60 Å². The minimum absolute atomic E-state index is 0.255. The van der Waals surface area contributed by atoms with Gasteiger partial charge in [-0.05, 0) is 51.7 Å². The van der Waals surface area contributed by atoms with Crippen molar-refractivity contribution in [3.05, 3.63) is 47.1 Å². The van der Waals surface area contributed by atoms with E-state index in [1.54, 1.807) is 18.3 Å². The molecule has 0 saturated carbocycles. The highest BCUT2D eigenvalue weighted by molar-refractivity contribution is 7.21. The van der Waals surface area contributed by atoms with Crippen molar-refractivity contribution in [2.24, 2.45) is 5.92 Å². The normalized spacial score (nSPS) is 14.6. The van der Waals surface area contributed by atoms with Crippen LogP contribution in [0, 0.1) is 12.8 Å². The van der Waals surface area contributed by atoms with Crippen LogP contribution in [0.25, 0.3) is 21.6 Å². The van der Waals surface area contributed by atoms with Crippen molar-refractivity contribution in [1.29, 1.82) is 0 Å². The van der Waals surface area contributed by atoms with Crippen LogP contribution in [-0.2, 0) is 0 Å². The smallest absolute Gasteiger partial charge is 0.259 e. The van der Waals surface area contributed by atoms with Crippen LogP contribution in [0.2, 0.25) is 5.15 Å². The van der Waals surface area contributed by atoms with E-state index in [1.165, 1.54) is 30.8 Å². The van der Waals surface area contributed by atoms with E-state index in [4.69, 9.17) is 21.3 Å². The number of carbonyl (C=O) groups is 1. The largest absolute Gasteiger partial charge is 0.494 e. The number of amides is 1. The van der Waals surface area contributed by atoms with Crippen LogP contribution < -0.4 is 15.0 Å². The van der Waals surface area contributed by atoms with Crippen LogP contribution in [0.4, 0.5) is 10.9 Å². The Morgan fingerprint density at radius 1 is 1.13 bits per heavy atom. The van der Waals surface area contributed by atoms with Gasteiger partial charge in [0, 0.05) is 36.1 Å². The number of nitrogens with zero attached hydrogens (tertiary/aromatic N) is 6. The third-order valence-corrected chi connectivity index (χ3v) is 7.84. The molecule has 5 rings (SSSR count). The first-order chi connectivity index (χ1) is 18.1. The van der Waals surface area contributed by atoms with E-state index in [0.717, 1.165) is 37.4 Å². The number of hydrogen-bond donors (Lipinski definition) is 2. The molecule has 4 aromatic heterocycles. The van der Waals surface area contributed by atoms with Gasteiger partial charge in [-0.1, -0.05) is 22.9 Å². The van der Waals surface area contributed by atoms with Gasteiger partial charge in [-0.2, -0.15) is 4.98 Å². The number of hydrogen-bond acceptors (Lipinski definition) is 10. The summed E-state index contributed by atoms with van der Waals surface area (Å²) in [5.41, 5.74) is 2.10. The lowest BCUT2D eigenvalue weighted by molar-refractivity contribution is 0.00645. The van der Waals surface area contributed by atoms with Crippen molar-refractivity contribution in [3.63, 3.8) is 0 Å². The van der Waals surface area contributed by atoms with E-state index in [9.17, 15) is 9.90 Å². The molecule has 12 heteroatoms. The molecule has 0 unspecified atom stereocenters. The summed E-state index contributed by atoms with van der Waals surface area (Å²) in [5, 5.41) is 13.9. The molecule has 1 amide bonds. The Hall–Kier alpha value is -3.41. The lowest BCUT2D eigenvalue weighted by Crippen LogP contribution is -2.42. The Bertz CT molecular complexity index is 1500. The number of fused-ring (bicyclic) bond motifs is 1. The fourth-order valence-electron chi connectivity index (χ4n) is 4.65. The lowest BCUT2D eigenvalue weighted by Gasteiger charge is -2.38. The van der Waals surface area contributed by atoms with Crippen molar-refractivity contribution in [3.8, 4) is 16.9 Å². The summed E-state index contributed by atoms with van der Waals surface area (Å²) < 4.78 is 5.45. The van der Waals surface area contributed by atoms with Crippen LogP contribution in [0.5, 0.6) is 5.75 Å². The fraction of sp³-hybridized carbons (Fsp3) is 0.385. The average molecular weight is 554 g/mol. The van der Waals surface area contributed by atoms with E-state index in [2.05, 4.69) is 30.2 Å². The molecule has 1 aliphatic rings. The highest BCUT2D eigenvalue weighted by atomic mass is 35.5. The molecule has 0 radical (unpaired) electrons. The molecule has 0 bridgehead atoms. The molecule has 0 spiro atoms. The van der Waals surface area contributed by atoms with Gasteiger partial charge in [-0.15, -0.1) is 0 Å². The Kier molecular flexibility index (Phi) is 7.17. The molecule has 10 nitrogen and oxygen atoms in total. The lowest BCUT2D eigenvalue weighted by atomic mass is 9.83. The van der Waals surface area contributed by atoms with Gasteiger partial charge in [0.25, 0.3) is 5.91 Å². The van der Waals surface area contributed by atoms with E-state index in [-0.39, 0.29) is 17.0 Å². The van der Waals surface area contributed by atoms with Crippen molar-refractivity contribution < 1.29 is 14.6 Å². The minimum Gasteiger partial charge on any atom is -0.494 e. The van der Waals surface area contributed by atoms with Crippen LogP contribution >= 0.6 is 22.9 Å². The number of ether oxygens (including phenoxy) is 1. The second-order valence-electron chi connectivity index (χ2n) is 9.82. The first-order valence-corrected chi connectivity index (χ1v) is 13.4. The third kappa shape index (κ3) is 5.40. The summed E-state index contributed by atoms with van der Waals surface area (Å²) in [6.07, 6.45) is 6.51. The Balaban J connectivity index is 1.38. The zero-order chi connectivity index (χ0) is 27.0. The molecular weight excluding hydrogens is 526 g/mol. The number of piperidine rings is 1. The fourth-order valence-corrected chi connectivity index (χ4v) is 5.60. The first-order valence-electron chi connectivity index (χ1n) is 12.2. The van der Waals surface area contributed by atoms with Crippen LogP contribution in [0.1, 0.15) is 42.7 Å². The van der Waals surface area contributed by atoms with E-state index in [0.29, 0.717) is 38.0 Å². The maximum atomic E-state index is 13.4. The monoisotopic (exact) mass is 553 g/mol. The number of rotatable bonds is 6. The summed E-state index contributed by atoms with van der Waals surface area (Å²) >= 11 is 7.41. The molecule has 198 valence electrons. The molecular formula is C26H28ClN7O3S. The number of pyridine rings is 2. The predicted molar refractivity (Wildman–Crippen MR) is 148 cm³/mol. The number of aliphatic hydroxyl groups is 1. The molecule has 0 atom stereocenters. The van der Waals surface area contributed by atoms with Gasteiger partial charge in [0.15, 0.2) is 15.6 Å². The maximum Gasteiger partial charge on any atom is 0.259 e. The van der Waals surface area contributed by atoms with Gasteiger partial charge in [0.05, 0.1) is 30.7 Å². The third-order valence-electron chi connectivity index (χ3n) is 6.78. The molecule has 1 fully saturated rings. The molecule has 0 aromatic carbocycles. The number of nitrogens with one attached hydrogen (secondary N) is 1. The van der Waals surface area contributed by atoms with Gasteiger partial charge >= 0.3 is 0 Å². The Morgan fingerprint density at radius 3 is 2.61 bits per heavy atom. The quantitative estimate of drug-likeness (QED) is 0.325. The molecule has 4 aromatic rings. The second kappa shape index (κ2) is 10.4. The number of thiazole rings is 1. The van der Waals surface area contributed by atoms with Crippen molar-refractivity contribution in [2.75, 3.05) is 30.4 Å². The summed E-state index contributed by atoms with van der Waals surface area (Å²) in [5.74, 6) is 1.13. The van der Waals surface area contributed by atoms with E-state index in [1.807, 2.05) is 20.8 Å². The van der Waals surface area contributed by atoms with Crippen LogP contribution in [-0.4, -0.2) is 61.7 Å². The highest BCUT2D eigenvalue weighted by Gasteiger charge is 2.31. The van der Waals surface area contributed by atoms with Gasteiger partial charge in [-0.25, -0.2) is 15.0 Å². The SMILES string of the molecule is COc1cnc(Cl)cc1-c1cc(C)ncc1C(=O)Nc1nc2ncc(N3CCC(C(C)(C)O)CC3)nc2s1. The van der Waals surface area contributed by atoms with Gasteiger partial charge in [-0.3, -0.25) is 15.1 Å². The standard InChI is InChI=1S/C26H28ClN7O3S/c1-14-9-16(17-10-20(27)29-12-19(17)37-4)18(11-28-14)23(35)33-25-32-22-24(38-25)31-21(13-30-22)34-7-5-15(6-8-34)26(2,3)36/h9-13,15,36H,5-8H2,1-4H3,(H,30,32,33,35). The number of methoxy groups -OCH3 is 1. The van der Waals surface area contributed by atoms with E-state index >= 15 is 0 Å². The maximum absolute atomic E-state index is 13.4. The molecule has 5 heterocycles. The van der Waals surface area contributed by atoms with Crippen molar-refractivity contribution >= 4 is 50.3 Å². The highest BCUT2D eigenvalue weighted by Crippen LogP contribution is 2.35. The number of aromatic nitrogens is 5. The summed E-state index contributed by atoms with van der Waals surface area (Å²) in [6.45, 7) is 7.16. The van der Waals surface area contributed by atoms with Gasteiger partial charge in [0.2, 0.25) is 0 Å². The average Bonchev–Trinajstić information content (AvgIpc) is 3.29. The Labute approximate surface area is 229 Å². The van der Waals surface area contributed by atoms with Gasteiger partial charge in [0.1, 0.15) is 16.7 Å². The molecule has 1 aliphatic heterocycles.